The molecule has 0 spiro atoms. The van der Waals surface area contributed by atoms with Crippen molar-refractivity contribution in [3.63, 3.8) is 0 Å². The van der Waals surface area contributed by atoms with E-state index in [9.17, 15) is 18.0 Å². The molecular weight excluding hydrogens is 393 g/mol. The summed E-state index contributed by atoms with van der Waals surface area (Å²) in [6, 6.07) is 11.0. The van der Waals surface area contributed by atoms with Gasteiger partial charge in [-0.15, -0.1) is 11.3 Å². The molecule has 1 amide bonds. The maximum atomic E-state index is 12.3. The van der Waals surface area contributed by atoms with E-state index in [1.165, 1.54) is 23.8 Å². The average molecular weight is 406 g/mol. The minimum Gasteiger partial charge on any atom is -0.493 e. The third-order valence-electron chi connectivity index (χ3n) is 4.13. The molecule has 0 aliphatic rings. The van der Waals surface area contributed by atoms with E-state index in [0.29, 0.717) is 27.5 Å². The summed E-state index contributed by atoms with van der Waals surface area (Å²) < 4.78 is 48.2. The van der Waals surface area contributed by atoms with E-state index in [1.807, 2.05) is 29.6 Å². The molecule has 2 aromatic carbocycles. The summed E-state index contributed by atoms with van der Waals surface area (Å²) in [4.78, 5) is 16.2. The Hall–Kier alpha value is -3.07. The van der Waals surface area contributed by atoms with Crippen LogP contribution in [0.1, 0.15) is 10.5 Å². The highest BCUT2D eigenvalue weighted by molar-refractivity contribution is 7.13. The lowest BCUT2D eigenvalue weighted by molar-refractivity contribution is -0.123. The van der Waals surface area contributed by atoms with E-state index in [2.05, 4.69) is 4.98 Å². The Bertz CT molecular complexity index is 1180. The number of thiazole rings is 1. The monoisotopic (exact) mass is 406 g/mol. The molecule has 144 valence electrons. The zero-order chi connectivity index (χ0) is 19.9. The third kappa shape index (κ3) is 3.29. The van der Waals surface area contributed by atoms with Crippen molar-refractivity contribution in [2.45, 2.75) is 6.18 Å². The molecule has 9 heteroatoms. The normalized spacial score (nSPS) is 11.9. The van der Waals surface area contributed by atoms with Gasteiger partial charge in [-0.25, -0.2) is 4.98 Å². The van der Waals surface area contributed by atoms with E-state index >= 15 is 0 Å². The number of methoxy groups -OCH3 is 1. The highest BCUT2D eigenvalue weighted by atomic mass is 32.1. The van der Waals surface area contributed by atoms with Gasteiger partial charge in [0.1, 0.15) is 22.8 Å². The molecule has 28 heavy (non-hydrogen) atoms. The Morgan fingerprint density at radius 1 is 1.25 bits per heavy atom. The second kappa shape index (κ2) is 6.83. The number of aromatic nitrogens is 1. The first-order chi connectivity index (χ1) is 13.4. The maximum Gasteiger partial charge on any atom is 0.405 e. The lowest BCUT2D eigenvalue weighted by Crippen LogP contribution is -2.33. The topological polar surface area (TPSA) is 64.4 Å². The number of benzene rings is 2. The average Bonchev–Trinajstić information content (AvgIpc) is 3.30. The van der Waals surface area contributed by atoms with Gasteiger partial charge in [0.15, 0.2) is 11.3 Å². The standard InChI is InChI=1S/C19H13F3N2O3S/c1-26-14-7-6-11(15-10-4-2-3-5-13(10)27-16(14)15)18-24-12(8-28-18)17(25)23-9-19(20,21)22/h2-8H,9H2,1H3,(H,23,25). The van der Waals surface area contributed by atoms with Crippen LogP contribution in [0.15, 0.2) is 46.2 Å². The van der Waals surface area contributed by atoms with E-state index in [4.69, 9.17) is 9.15 Å². The van der Waals surface area contributed by atoms with Crippen molar-refractivity contribution in [3.8, 4) is 16.3 Å². The van der Waals surface area contributed by atoms with Crippen LogP contribution in [-0.2, 0) is 0 Å². The van der Waals surface area contributed by atoms with Crippen LogP contribution in [0.25, 0.3) is 32.5 Å². The number of amides is 1. The predicted molar refractivity (Wildman–Crippen MR) is 99.8 cm³/mol. The maximum absolute atomic E-state index is 12.3. The van der Waals surface area contributed by atoms with Crippen molar-refractivity contribution < 1.29 is 27.1 Å². The number of carbonyl (C=O) groups is 1. The fourth-order valence-electron chi connectivity index (χ4n) is 2.92. The van der Waals surface area contributed by atoms with Crippen molar-refractivity contribution in [1.29, 1.82) is 0 Å². The van der Waals surface area contributed by atoms with Gasteiger partial charge >= 0.3 is 6.18 Å². The molecule has 2 aromatic heterocycles. The van der Waals surface area contributed by atoms with Gasteiger partial charge < -0.3 is 14.5 Å². The number of carbonyl (C=O) groups excluding carboxylic acids is 1. The third-order valence-corrected chi connectivity index (χ3v) is 5.00. The molecule has 0 bridgehead atoms. The molecule has 4 aromatic rings. The van der Waals surface area contributed by atoms with E-state index < -0.39 is 18.6 Å². The molecule has 5 nitrogen and oxygen atoms in total. The van der Waals surface area contributed by atoms with Crippen LogP contribution < -0.4 is 10.1 Å². The first-order valence-corrected chi connectivity index (χ1v) is 9.04. The van der Waals surface area contributed by atoms with Crippen LogP contribution in [0.2, 0.25) is 0 Å². The zero-order valence-electron chi connectivity index (χ0n) is 14.5. The Balaban J connectivity index is 1.78. The predicted octanol–water partition coefficient (Wildman–Crippen LogP) is 5.01. The number of hydrogen-bond acceptors (Lipinski definition) is 5. The second-order valence-corrected chi connectivity index (χ2v) is 6.81. The van der Waals surface area contributed by atoms with E-state index in [1.54, 1.807) is 12.1 Å². The number of para-hydroxylation sites is 1. The van der Waals surface area contributed by atoms with Crippen molar-refractivity contribution in [1.82, 2.24) is 10.3 Å². The van der Waals surface area contributed by atoms with Gasteiger partial charge in [-0.05, 0) is 18.2 Å². The lowest BCUT2D eigenvalue weighted by Gasteiger charge is -2.06. The van der Waals surface area contributed by atoms with Gasteiger partial charge in [0.25, 0.3) is 5.91 Å². The number of nitrogens with one attached hydrogen (secondary N) is 1. The highest BCUT2D eigenvalue weighted by Crippen LogP contribution is 2.41. The summed E-state index contributed by atoms with van der Waals surface area (Å²) >= 11 is 1.17. The molecular formula is C19H13F3N2O3S. The van der Waals surface area contributed by atoms with Gasteiger partial charge in [-0.1, -0.05) is 18.2 Å². The van der Waals surface area contributed by atoms with Crippen molar-refractivity contribution >= 4 is 39.2 Å². The summed E-state index contributed by atoms with van der Waals surface area (Å²) in [6.45, 7) is -1.40. The Kier molecular flexibility index (Phi) is 4.46. The van der Waals surface area contributed by atoms with Gasteiger partial charge in [-0.3, -0.25) is 4.79 Å². The van der Waals surface area contributed by atoms with Crippen LogP contribution in [0.3, 0.4) is 0 Å². The summed E-state index contributed by atoms with van der Waals surface area (Å²) in [5, 5.41) is 5.37. The first kappa shape index (κ1) is 18.3. The summed E-state index contributed by atoms with van der Waals surface area (Å²) in [5.74, 6) is -0.323. The van der Waals surface area contributed by atoms with Crippen LogP contribution in [0.4, 0.5) is 13.2 Å². The number of nitrogens with zero attached hydrogens (tertiary/aromatic N) is 1. The summed E-state index contributed by atoms with van der Waals surface area (Å²) in [6.07, 6.45) is -4.48. The second-order valence-electron chi connectivity index (χ2n) is 5.95. The van der Waals surface area contributed by atoms with Crippen molar-refractivity contribution in [2.24, 2.45) is 0 Å². The number of ether oxygens (including phenoxy) is 1. The minimum atomic E-state index is -4.48. The summed E-state index contributed by atoms with van der Waals surface area (Å²) in [5.41, 5.74) is 1.85. The molecule has 4 rings (SSSR count). The molecule has 0 unspecified atom stereocenters. The van der Waals surface area contributed by atoms with Gasteiger partial charge in [0.2, 0.25) is 0 Å². The van der Waals surface area contributed by atoms with Crippen LogP contribution in [0, 0.1) is 0 Å². The molecule has 0 saturated carbocycles. The van der Waals surface area contributed by atoms with Gasteiger partial charge in [0.05, 0.1) is 7.11 Å². The van der Waals surface area contributed by atoms with Crippen LogP contribution in [-0.4, -0.2) is 30.7 Å². The molecule has 0 saturated heterocycles. The van der Waals surface area contributed by atoms with Crippen LogP contribution in [0.5, 0.6) is 5.75 Å². The van der Waals surface area contributed by atoms with E-state index in [-0.39, 0.29) is 5.69 Å². The molecule has 0 radical (unpaired) electrons. The van der Waals surface area contributed by atoms with Gasteiger partial charge in [0, 0.05) is 21.7 Å². The molecule has 2 heterocycles. The number of rotatable bonds is 4. The fourth-order valence-corrected chi connectivity index (χ4v) is 3.75. The Morgan fingerprint density at radius 3 is 2.79 bits per heavy atom. The molecule has 0 aliphatic carbocycles. The van der Waals surface area contributed by atoms with Crippen molar-refractivity contribution in [2.75, 3.05) is 13.7 Å². The quantitative estimate of drug-likeness (QED) is 0.517. The van der Waals surface area contributed by atoms with Crippen LogP contribution >= 0.6 is 11.3 Å². The number of halogens is 3. The number of alkyl halides is 3. The molecule has 1 N–H and O–H groups in total. The largest absolute Gasteiger partial charge is 0.493 e. The zero-order valence-corrected chi connectivity index (χ0v) is 15.3. The number of fused-ring (bicyclic) bond motifs is 3. The molecule has 0 fully saturated rings. The van der Waals surface area contributed by atoms with E-state index in [0.717, 1.165) is 10.8 Å². The number of furan rings is 1. The Morgan fingerprint density at radius 2 is 2.04 bits per heavy atom. The number of hydrogen-bond donors (Lipinski definition) is 1. The first-order valence-electron chi connectivity index (χ1n) is 8.16. The smallest absolute Gasteiger partial charge is 0.405 e. The van der Waals surface area contributed by atoms with Gasteiger partial charge in [-0.2, -0.15) is 13.2 Å². The SMILES string of the molecule is COc1ccc(-c2nc(C(=O)NCC(F)(F)F)cs2)c2c1oc1ccccc12. The highest BCUT2D eigenvalue weighted by Gasteiger charge is 2.28. The molecule has 0 atom stereocenters. The lowest BCUT2D eigenvalue weighted by atomic mass is 10.1. The Labute approximate surface area is 160 Å². The van der Waals surface area contributed by atoms with Crippen molar-refractivity contribution in [3.05, 3.63) is 47.5 Å². The molecule has 0 aliphatic heterocycles. The fraction of sp³-hybridized carbons (Fsp3) is 0.158. The summed E-state index contributed by atoms with van der Waals surface area (Å²) in [7, 11) is 1.54. The minimum absolute atomic E-state index is 0.0685.